The predicted octanol–water partition coefficient (Wildman–Crippen LogP) is 3.29. The SMILES string of the molecule is COCCOC(=O)OC1=C(C)NC(C)=C(OC(=O)OC)C1c1cccc(C#N)c1. The van der Waals surface area contributed by atoms with E-state index >= 15 is 0 Å². The van der Waals surface area contributed by atoms with Crippen LogP contribution in [-0.4, -0.2) is 39.7 Å². The molecule has 0 bridgehead atoms. The van der Waals surface area contributed by atoms with E-state index in [0.29, 0.717) is 22.5 Å². The second-order valence-corrected chi connectivity index (χ2v) is 6.02. The Labute approximate surface area is 168 Å². The molecule has 1 aliphatic heterocycles. The van der Waals surface area contributed by atoms with E-state index in [1.54, 1.807) is 38.1 Å². The number of carbonyl (C=O) groups excluding carboxylic acids is 2. The summed E-state index contributed by atoms with van der Waals surface area (Å²) in [6, 6.07) is 8.74. The highest BCUT2D eigenvalue weighted by molar-refractivity contribution is 5.65. The van der Waals surface area contributed by atoms with Crippen LogP contribution in [0, 0.1) is 11.3 Å². The molecule has 29 heavy (non-hydrogen) atoms. The van der Waals surface area contributed by atoms with Gasteiger partial charge in [0.15, 0.2) is 0 Å². The third-order valence-corrected chi connectivity index (χ3v) is 4.05. The predicted molar refractivity (Wildman–Crippen MR) is 100 cm³/mol. The van der Waals surface area contributed by atoms with Crippen LogP contribution in [-0.2, 0) is 23.7 Å². The summed E-state index contributed by atoms with van der Waals surface area (Å²) in [6.07, 6.45) is -1.86. The fraction of sp³-hybridized carbons (Fsp3) is 0.350. The number of hydrogen-bond donors (Lipinski definition) is 1. The second kappa shape index (κ2) is 10.1. The Morgan fingerprint density at radius 2 is 1.72 bits per heavy atom. The standard InChI is InChI=1S/C20H22N2O7/c1-12-17(28-19(23)26-4)16(15-7-5-6-14(10-15)11-21)18(13(2)22-12)29-20(24)27-9-8-25-3/h5-7,10,16,22H,8-9H2,1-4H3. The van der Waals surface area contributed by atoms with Gasteiger partial charge >= 0.3 is 12.3 Å². The highest BCUT2D eigenvalue weighted by atomic mass is 16.7. The molecule has 1 N–H and O–H groups in total. The Balaban J connectivity index is 2.45. The normalized spacial score (nSPS) is 15.9. The first-order valence-electron chi connectivity index (χ1n) is 8.69. The van der Waals surface area contributed by atoms with Gasteiger partial charge < -0.3 is 29.0 Å². The first-order valence-corrected chi connectivity index (χ1v) is 8.69. The molecule has 0 aliphatic carbocycles. The van der Waals surface area contributed by atoms with Crippen LogP contribution in [0.5, 0.6) is 0 Å². The molecule has 9 heteroatoms. The summed E-state index contributed by atoms with van der Waals surface area (Å²) in [5, 5.41) is 12.3. The zero-order valence-electron chi connectivity index (χ0n) is 16.6. The van der Waals surface area contributed by atoms with Gasteiger partial charge in [0.25, 0.3) is 0 Å². The van der Waals surface area contributed by atoms with Crippen molar-refractivity contribution in [1.29, 1.82) is 5.26 Å². The number of nitrogens with one attached hydrogen (secondary N) is 1. The summed E-state index contributed by atoms with van der Waals surface area (Å²) < 4.78 is 25.2. The van der Waals surface area contributed by atoms with Gasteiger partial charge in [-0.1, -0.05) is 12.1 Å². The monoisotopic (exact) mass is 402 g/mol. The van der Waals surface area contributed by atoms with E-state index in [4.69, 9.17) is 18.9 Å². The molecular formula is C20H22N2O7. The molecule has 0 amide bonds. The lowest BCUT2D eigenvalue weighted by Crippen LogP contribution is -2.29. The summed E-state index contributed by atoms with van der Waals surface area (Å²) >= 11 is 0. The van der Waals surface area contributed by atoms with Gasteiger partial charge in [0.2, 0.25) is 0 Å². The number of nitriles is 1. The van der Waals surface area contributed by atoms with E-state index in [9.17, 15) is 14.9 Å². The minimum atomic E-state index is -0.934. The molecule has 9 nitrogen and oxygen atoms in total. The fourth-order valence-corrected chi connectivity index (χ4v) is 2.78. The van der Waals surface area contributed by atoms with E-state index < -0.39 is 18.2 Å². The van der Waals surface area contributed by atoms with Gasteiger partial charge in [0.05, 0.1) is 36.7 Å². The van der Waals surface area contributed by atoms with Gasteiger partial charge in [-0.2, -0.15) is 5.26 Å². The lowest BCUT2D eigenvalue weighted by atomic mass is 9.89. The molecule has 0 fully saturated rings. The van der Waals surface area contributed by atoms with Gasteiger partial charge in [-0.3, -0.25) is 0 Å². The number of methoxy groups -OCH3 is 2. The molecule has 2 rings (SSSR count). The number of nitrogens with zero attached hydrogens (tertiary/aromatic N) is 1. The van der Waals surface area contributed by atoms with Gasteiger partial charge in [-0.05, 0) is 31.5 Å². The van der Waals surface area contributed by atoms with Crippen molar-refractivity contribution in [3.63, 3.8) is 0 Å². The maximum absolute atomic E-state index is 12.1. The van der Waals surface area contributed by atoms with Gasteiger partial charge in [0, 0.05) is 7.11 Å². The largest absolute Gasteiger partial charge is 0.513 e. The maximum atomic E-state index is 12.1. The molecule has 1 unspecified atom stereocenters. The van der Waals surface area contributed by atoms with Crippen LogP contribution in [0.3, 0.4) is 0 Å². The van der Waals surface area contributed by atoms with Crippen LogP contribution in [0.2, 0.25) is 0 Å². The molecule has 0 spiro atoms. The Morgan fingerprint density at radius 3 is 2.31 bits per heavy atom. The Bertz CT molecular complexity index is 883. The zero-order chi connectivity index (χ0) is 21.4. The van der Waals surface area contributed by atoms with Gasteiger partial charge in [-0.15, -0.1) is 0 Å². The van der Waals surface area contributed by atoms with Gasteiger partial charge in [-0.25, -0.2) is 9.59 Å². The van der Waals surface area contributed by atoms with Crippen molar-refractivity contribution in [3.05, 3.63) is 58.3 Å². The molecule has 1 aliphatic rings. The quantitative estimate of drug-likeness (QED) is 0.565. The number of ether oxygens (including phenoxy) is 5. The molecule has 0 aromatic heterocycles. The summed E-state index contributed by atoms with van der Waals surface area (Å²) in [4.78, 5) is 23.9. The van der Waals surface area contributed by atoms with Crippen LogP contribution in [0.15, 0.2) is 47.2 Å². The van der Waals surface area contributed by atoms with Crippen molar-refractivity contribution in [3.8, 4) is 6.07 Å². The minimum Gasteiger partial charge on any atom is -0.437 e. The van der Waals surface area contributed by atoms with Crippen LogP contribution >= 0.6 is 0 Å². The Kier molecular flexibility index (Phi) is 7.62. The number of rotatable bonds is 6. The van der Waals surface area contributed by atoms with Crippen LogP contribution in [0.25, 0.3) is 0 Å². The average Bonchev–Trinajstić information content (AvgIpc) is 2.71. The molecule has 154 valence electrons. The third-order valence-electron chi connectivity index (χ3n) is 4.05. The molecule has 0 radical (unpaired) electrons. The fourth-order valence-electron chi connectivity index (χ4n) is 2.78. The topological polar surface area (TPSA) is 116 Å². The average molecular weight is 402 g/mol. The first kappa shape index (κ1) is 21.8. The van der Waals surface area contributed by atoms with E-state index in [0.717, 1.165) is 0 Å². The number of allylic oxidation sites excluding steroid dienone is 2. The van der Waals surface area contributed by atoms with Crippen molar-refractivity contribution >= 4 is 12.3 Å². The van der Waals surface area contributed by atoms with E-state index in [-0.39, 0.29) is 24.7 Å². The summed E-state index contributed by atoms with van der Waals surface area (Å²) in [6.45, 7) is 3.65. The lowest BCUT2D eigenvalue weighted by Gasteiger charge is -2.30. The van der Waals surface area contributed by atoms with Crippen molar-refractivity contribution in [2.24, 2.45) is 0 Å². The minimum absolute atomic E-state index is 0.0179. The number of dihydropyridines is 1. The van der Waals surface area contributed by atoms with E-state index in [2.05, 4.69) is 16.1 Å². The lowest BCUT2D eigenvalue weighted by molar-refractivity contribution is 0.0472. The van der Waals surface area contributed by atoms with E-state index in [1.807, 2.05) is 0 Å². The van der Waals surface area contributed by atoms with Crippen LogP contribution < -0.4 is 5.32 Å². The smallest absolute Gasteiger partial charge is 0.437 e. The Morgan fingerprint density at radius 1 is 1.07 bits per heavy atom. The van der Waals surface area contributed by atoms with E-state index in [1.165, 1.54) is 14.2 Å². The van der Waals surface area contributed by atoms with Crippen molar-refractivity contribution in [1.82, 2.24) is 5.32 Å². The second-order valence-electron chi connectivity index (χ2n) is 6.02. The molecule has 0 saturated heterocycles. The van der Waals surface area contributed by atoms with Crippen molar-refractivity contribution in [2.45, 2.75) is 19.8 Å². The maximum Gasteiger partial charge on any atom is 0.513 e. The van der Waals surface area contributed by atoms with Crippen LogP contribution in [0.4, 0.5) is 9.59 Å². The number of hydrogen-bond acceptors (Lipinski definition) is 9. The van der Waals surface area contributed by atoms with Gasteiger partial charge in [0.1, 0.15) is 24.0 Å². The molecule has 1 heterocycles. The molecule has 1 aromatic rings. The highest BCUT2D eigenvalue weighted by Gasteiger charge is 2.35. The summed E-state index contributed by atoms with van der Waals surface area (Å²) in [7, 11) is 2.67. The number of benzene rings is 1. The zero-order valence-corrected chi connectivity index (χ0v) is 16.6. The van der Waals surface area contributed by atoms with Crippen molar-refractivity contribution < 1.29 is 33.3 Å². The first-order chi connectivity index (χ1) is 13.9. The van der Waals surface area contributed by atoms with Crippen LogP contribution in [0.1, 0.15) is 30.9 Å². The van der Waals surface area contributed by atoms with Crippen molar-refractivity contribution in [2.75, 3.05) is 27.4 Å². The summed E-state index contributed by atoms with van der Waals surface area (Å²) in [5.41, 5.74) is 2.04. The summed E-state index contributed by atoms with van der Waals surface area (Å²) in [5.74, 6) is -0.428. The molecular weight excluding hydrogens is 380 g/mol. The number of carbonyl (C=O) groups is 2. The molecule has 1 atom stereocenters. The third kappa shape index (κ3) is 5.49. The molecule has 0 saturated carbocycles. The highest BCUT2D eigenvalue weighted by Crippen LogP contribution is 2.39. The molecule has 1 aromatic carbocycles. The Hall–Kier alpha value is -3.51.